The predicted molar refractivity (Wildman–Crippen MR) is 62.6 cm³/mol. The number of anilines is 1. The Balaban J connectivity index is 2.81. The third-order valence-electron chi connectivity index (χ3n) is 2.61. The molecule has 5 nitrogen and oxygen atoms in total. The van der Waals surface area contributed by atoms with E-state index in [1.54, 1.807) is 7.11 Å². The third kappa shape index (κ3) is 3.39. The highest BCUT2D eigenvalue weighted by Crippen LogP contribution is 2.21. The molecule has 0 spiro atoms. The van der Waals surface area contributed by atoms with E-state index >= 15 is 0 Å². The molecule has 6 heteroatoms. The molecule has 0 saturated heterocycles. The van der Waals surface area contributed by atoms with Gasteiger partial charge in [0, 0.05) is 31.0 Å². The highest BCUT2D eigenvalue weighted by Gasteiger charge is 2.16. The first kappa shape index (κ1) is 13.4. The molecule has 0 aliphatic carbocycles. The number of nitrogens with zero attached hydrogens (tertiary/aromatic N) is 1. The second-order valence-corrected chi connectivity index (χ2v) is 3.80. The zero-order valence-corrected chi connectivity index (χ0v) is 9.94. The summed E-state index contributed by atoms with van der Waals surface area (Å²) in [6.45, 7) is 3.76. The van der Waals surface area contributed by atoms with E-state index in [1.165, 1.54) is 6.07 Å². The number of rotatable bonds is 5. The number of methoxy groups -OCH3 is 1. The van der Waals surface area contributed by atoms with E-state index < -0.39 is 16.4 Å². The van der Waals surface area contributed by atoms with Crippen LogP contribution >= 0.6 is 0 Å². The second kappa shape index (κ2) is 5.58. The summed E-state index contributed by atoms with van der Waals surface area (Å²) in [4.78, 5) is 9.69. The van der Waals surface area contributed by atoms with Crippen molar-refractivity contribution in [3.8, 4) is 0 Å². The topological polar surface area (TPSA) is 64.4 Å². The van der Waals surface area contributed by atoms with Crippen LogP contribution in [-0.4, -0.2) is 24.2 Å². The van der Waals surface area contributed by atoms with Crippen LogP contribution in [0, 0.1) is 15.9 Å². The number of hydrogen-bond acceptors (Lipinski definition) is 4. The summed E-state index contributed by atoms with van der Waals surface area (Å²) in [5, 5.41) is 13.4. The number of ether oxygens (including phenoxy) is 1. The number of nitro groups is 1. The first-order valence-corrected chi connectivity index (χ1v) is 5.19. The quantitative estimate of drug-likeness (QED) is 0.636. The monoisotopic (exact) mass is 242 g/mol. The molecule has 0 fully saturated rings. The van der Waals surface area contributed by atoms with Crippen molar-refractivity contribution < 1.29 is 14.1 Å². The van der Waals surface area contributed by atoms with Gasteiger partial charge in [0.1, 0.15) is 0 Å². The Morgan fingerprint density at radius 1 is 1.47 bits per heavy atom. The fourth-order valence-corrected chi connectivity index (χ4v) is 1.33. The molecule has 0 aliphatic heterocycles. The summed E-state index contributed by atoms with van der Waals surface area (Å²) in [7, 11) is 1.58. The average Bonchev–Trinajstić information content (AvgIpc) is 2.27. The van der Waals surface area contributed by atoms with Crippen LogP contribution < -0.4 is 5.32 Å². The van der Waals surface area contributed by atoms with Gasteiger partial charge in [0.2, 0.25) is 5.82 Å². The van der Waals surface area contributed by atoms with Gasteiger partial charge in [0.15, 0.2) is 0 Å². The molecule has 0 amide bonds. The van der Waals surface area contributed by atoms with Gasteiger partial charge >= 0.3 is 5.69 Å². The molecule has 1 N–H and O–H groups in total. The third-order valence-corrected chi connectivity index (χ3v) is 2.61. The SMILES string of the molecule is COC(C)C(C)Nc1ccc([N+](=O)[O-])c(F)c1. The average molecular weight is 242 g/mol. The molecule has 0 saturated carbocycles. The highest BCUT2D eigenvalue weighted by molar-refractivity contribution is 5.50. The van der Waals surface area contributed by atoms with Crippen LogP contribution in [0.3, 0.4) is 0 Å². The van der Waals surface area contributed by atoms with Gasteiger partial charge in [-0.3, -0.25) is 10.1 Å². The Bertz CT molecular complexity index is 412. The van der Waals surface area contributed by atoms with Crippen LogP contribution in [-0.2, 0) is 4.74 Å². The minimum Gasteiger partial charge on any atom is -0.380 e. The van der Waals surface area contributed by atoms with Crippen molar-refractivity contribution in [2.24, 2.45) is 0 Å². The maximum atomic E-state index is 13.3. The number of halogens is 1. The maximum absolute atomic E-state index is 13.3. The van der Waals surface area contributed by atoms with E-state index in [4.69, 9.17) is 4.74 Å². The van der Waals surface area contributed by atoms with E-state index in [-0.39, 0.29) is 12.1 Å². The van der Waals surface area contributed by atoms with Gasteiger partial charge in [0.25, 0.3) is 0 Å². The normalized spacial score (nSPS) is 14.1. The van der Waals surface area contributed by atoms with Crippen LogP contribution in [0.5, 0.6) is 0 Å². The molecule has 1 aromatic rings. The lowest BCUT2D eigenvalue weighted by molar-refractivity contribution is -0.387. The number of hydrogen-bond donors (Lipinski definition) is 1. The molecule has 0 heterocycles. The van der Waals surface area contributed by atoms with Crippen LogP contribution in [0.15, 0.2) is 18.2 Å². The van der Waals surface area contributed by atoms with Crippen molar-refractivity contribution in [2.45, 2.75) is 26.0 Å². The molecule has 0 aromatic heterocycles. The minimum atomic E-state index is -0.850. The zero-order valence-electron chi connectivity index (χ0n) is 9.94. The van der Waals surface area contributed by atoms with E-state index in [2.05, 4.69) is 5.32 Å². The first-order valence-electron chi connectivity index (χ1n) is 5.19. The molecule has 1 aromatic carbocycles. The van der Waals surface area contributed by atoms with Gasteiger partial charge in [-0.25, -0.2) is 0 Å². The smallest absolute Gasteiger partial charge is 0.304 e. The van der Waals surface area contributed by atoms with Gasteiger partial charge < -0.3 is 10.1 Å². The molecule has 2 unspecified atom stereocenters. The van der Waals surface area contributed by atoms with E-state index in [1.807, 2.05) is 13.8 Å². The molecule has 0 radical (unpaired) electrons. The number of nitrogens with one attached hydrogen (secondary N) is 1. The Kier molecular flexibility index (Phi) is 4.39. The lowest BCUT2D eigenvalue weighted by Gasteiger charge is -2.20. The predicted octanol–water partition coefficient (Wildman–Crippen LogP) is 2.57. The van der Waals surface area contributed by atoms with Gasteiger partial charge in [-0.15, -0.1) is 0 Å². The van der Waals surface area contributed by atoms with Gasteiger partial charge in [-0.2, -0.15) is 4.39 Å². The van der Waals surface area contributed by atoms with Crippen molar-refractivity contribution in [3.63, 3.8) is 0 Å². The molecule has 0 bridgehead atoms. The lowest BCUT2D eigenvalue weighted by Crippen LogP contribution is -2.29. The van der Waals surface area contributed by atoms with Gasteiger partial charge in [-0.1, -0.05) is 0 Å². The zero-order chi connectivity index (χ0) is 13.0. The molecular weight excluding hydrogens is 227 g/mol. The summed E-state index contributed by atoms with van der Waals surface area (Å²) in [5.74, 6) is -0.850. The number of nitro benzene ring substituents is 1. The lowest BCUT2D eigenvalue weighted by atomic mass is 10.2. The molecular formula is C11H15FN2O3. The van der Waals surface area contributed by atoms with Crippen molar-refractivity contribution >= 4 is 11.4 Å². The van der Waals surface area contributed by atoms with Crippen molar-refractivity contribution in [2.75, 3.05) is 12.4 Å². The van der Waals surface area contributed by atoms with Crippen molar-refractivity contribution in [3.05, 3.63) is 34.1 Å². The Morgan fingerprint density at radius 3 is 2.59 bits per heavy atom. The Hall–Kier alpha value is -1.69. The van der Waals surface area contributed by atoms with Crippen LogP contribution in [0.4, 0.5) is 15.8 Å². The molecule has 0 aliphatic rings. The van der Waals surface area contributed by atoms with Gasteiger partial charge in [0.05, 0.1) is 11.0 Å². The van der Waals surface area contributed by atoms with E-state index in [0.29, 0.717) is 5.69 Å². The first-order chi connectivity index (χ1) is 7.95. The summed E-state index contributed by atoms with van der Waals surface area (Å²) < 4.78 is 18.4. The largest absolute Gasteiger partial charge is 0.380 e. The summed E-state index contributed by atoms with van der Waals surface area (Å²) in [6.07, 6.45) is -0.0479. The van der Waals surface area contributed by atoms with Gasteiger partial charge in [-0.05, 0) is 19.9 Å². The van der Waals surface area contributed by atoms with Crippen LogP contribution in [0.25, 0.3) is 0 Å². The number of benzene rings is 1. The van der Waals surface area contributed by atoms with Crippen molar-refractivity contribution in [1.29, 1.82) is 0 Å². The molecule has 2 atom stereocenters. The molecule has 94 valence electrons. The summed E-state index contributed by atoms with van der Waals surface area (Å²) in [6, 6.07) is 3.69. The van der Waals surface area contributed by atoms with E-state index in [0.717, 1.165) is 12.1 Å². The Labute approximate surface area is 98.7 Å². The fourth-order valence-electron chi connectivity index (χ4n) is 1.33. The second-order valence-electron chi connectivity index (χ2n) is 3.80. The van der Waals surface area contributed by atoms with E-state index in [9.17, 15) is 14.5 Å². The highest BCUT2D eigenvalue weighted by atomic mass is 19.1. The fraction of sp³-hybridized carbons (Fsp3) is 0.455. The van der Waals surface area contributed by atoms with Crippen LogP contribution in [0.1, 0.15) is 13.8 Å². The maximum Gasteiger partial charge on any atom is 0.304 e. The summed E-state index contributed by atoms with van der Waals surface area (Å²) in [5.41, 5.74) is -0.0347. The Morgan fingerprint density at radius 2 is 2.12 bits per heavy atom. The molecule has 17 heavy (non-hydrogen) atoms. The molecule has 1 rings (SSSR count). The summed E-state index contributed by atoms with van der Waals surface area (Å²) >= 11 is 0. The minimum absolute atomic E-state index is 0.0270. The van der Waals surface area contributed by atoms with Crippen LogP contribution in [0.2, 0.25) is 0 Å². The standard InChI is InChI=1S/C11H15FN2O3/c1-7(8(2)17-3)13-9-4-5-11(14(15)16)10(12)6-9/h4-8,13H,1-3H3. The van der Waals surface area contributed by atoms with Crippen molar-refractivity contribution in [1.82, 2.24) is 0 Å².